The molecule has 0 spiro atoms. The van der Waals surface area contributed by atoms with Gasteiger partial charge >= 0.3 is 0 Å². The number of rotatable bonds is 4. The van der Waals surface area contributed by atoms with Crippen molar-refractivity contribution in [3.05, 3.63) is 83.9 Å². The molecule has 0 aliphatic rings. The summed E-state index contributed by atoms with van der Waals surface area (Å²) in [5.41, 5.74) is 1.63. The highest BCUT2D eigenvalue weighted by Gasteiger charge is 2.14. The SMILES string of the molecule is O=S(=O)(O)c1ccc2cccc(Cc3cccc4ccc(S(=O)(=O)O)cc34)c2c1. The first-order valence-electron chi connectivity index (χ1n) is 8.61. The molecular formula is C21H16O6S2. The predicted molar refractivity (Wildman–Crippen MR) is 110 cm³/mol. The fraction of sp³-hybridized carbons (Fsp3) is 0.0476. The minimum absolute atomic E-state index is 0.191. The molecule has 0 fully saturated rings. The van der Waals surface area contributed by atoms with Crippen molar-refractivity contribution in [1.29, 1.82) is 0 Å². The van der Waals surface area contributed by atoms with Gasteiger partial charge in [-0.05, 0) is 63.4 Å². The van der Waals surface area contributed by atoms with Crippen molar-refractivity contribution >= 4 is 41.8 Å². The molecule has 0 aromatic heterocycles. The van der Waals surface area contributed by atoms with Crippen LogP contribution in [0.2, 0.25) is 0 Å². The summed E-state index contributed by atoms with van der Waals surface area (Å²) in [6, 6.07) is 19.9. The van der Waals surface area contributed by atoms with E-state index < -0.39 is 20.2 Å². The van der Waals surface area contributed by atoms with Crippen LogP contribution >= 0.6 is 0 Å². The molecule has 0 aliphatic heterocycles. The van der Waals surface area contributed by atoms with Crippen LogP contribution in [-0.2, 0) is 26.7 Å². The van der Waals surface area contributed by atoms with Gasteiger partial charge in [0.15, 0.2) is 0 Å². The van der Waals surface area contributed by atoms with Gasteiger partial charge in [-0.2, -0.15) is 16.8 Å². The molecule has 0 heterocycles. The molecule has 2 N–H and O–H groups in total. The molecule has 0 aliphatic carbocycles. The number of benzene rings is 4. The largest absolute Gasteiger partial charge is 0.294 e. The fourth-order valence-electron chi connectivity index (χ4n) is 3.47. The standard InChI is InChI=1S/C21H16O6S2/c22-28(23,24)18-9-7-14-3-1-5-16(20(14)12-18)11-17-6-2-4-15-8-10-19(13-21(15)17)29(25,26)27/h1-10,12-13H,11H2,(H,22,23,24)(H,25,26,27). The predicted octanol–water partition coefficient (Wildman–Crippen LogP) is 4.08. The van der Waals surface area contributed by atoms with Crippen LogP contribution in [0.4, 0.5) is 0 Å². The van der Waals surface area contributed by atoms with Gasteiger partial charge in [-0.3, -0.25) is 9.11 Å². The van der Waals surface area contributed by atoms with Gasteiger partial charge in [-0.15, -0.1) is 0 Å². The van der Waals surface area contributed by atoms with Crippen LogP contribution in [0.15, 0.2) is 82.6 Å². The Bertz CT molecular complexity index is 1360. The van der Waals surface area contributed by atoms with Crippen molar-refractivity contribution in [3.63, 3.8) is 0 Å². The average molecular weight is 428 g/mol. The molecule has 0 saturated heterocycles. The number of hydrogen-bond acceptors (Lipinski definition) is 4. The summed E-state index contributed by atoms with van der Waals surface area (Å²) in [6.45, 7) is 0. The highest BCUT2D eigenvalue weighted by atomic mass is 32.2. The minimum atomic E-state index is -4.34. The summed E-state index contributed by atoms with van der Waals surface area (Å²) >= 11 is 0. The Labute approximate surface area is 167 Å². The van der Waals surface area contributed by atoms with Crippen molar-refractivity contribution in [1.82, 2.24) is 0 Å². The Kier molecular flexibility index (Phi) is 4.66. The molecule has 0 bridgehead atoms. The topological polar surface area (TPSA) is 109 Å². The van der Waals surface area contributed by atoms with Gasteiger partial charge < -0.3 is 0 Å². The van der Waals surface area contributed by atoms with E-state index >= 15 is 0 Å². The zero-order valence-electron chi connectivity index (χ0n) is 15.0. The Morgan fingerprint density at radius 1 is 0.586 bits per heavy atom. The maximum atomic E-state index is 11.5. The smallest absolute Gasteiger partial charge is 0.282 e. The van der Waals surface area contributed by atoms with Crippen molar-refractivity contribution in [2.24, 2.45) is 0 Å². The van der Waals surface area contributed by atoms with Crippen LogP contribution in [0.1, 0.15) is 11.1 Å². The van der Waals surface area contributed by atoms with E-state index in [1.54, 1.807) is 12.1 Å². The van der Waals surface area contributed by atoms with Crippen LogP contribution in [0.5, 0.6) is 0 Å². The van der Waals surface area contributed by atoms with E-state index in [2.05, 4.69) is 0 Å². The van der Waals surface area contributed by atoms with Gasteiger partial charge in [-0.1, -0.05) is 48.5 Å². The van der Waals surface area contributed by atoms with Crippen LogP contribution in [0, 0.1) is 0 Å². The van der Waals surface area contributed by atoms with Crippen LogP contribution in [-0.4, -0.2) is 25.9 Å². The molecule has 4 aromatic carbocycles. The van der Waals surface area contributed by atoms with E-state index in [4.69, 9.17) is 0 Å². The van der Waals surface area contributed by atoms with Gasteiger partial charge in [0.1, 0.15) is 0 Å². The molecule has 4 aromatic rings. The van der Waals surface area contributed by atoms with E-state index in [9.17, 15) is 25.9 Å². The first kappa shape index (κ1) is 19.5. The molecule has 0 saturated carbocycles. The highest BCUT2D eigenvalue weighted by Crippen LogP contribution is 2.28. The molecule has 0 atom stereocenters. The monoisotopic (exact) mass is 428 g/mol. The summed E-state index contributed by atoms with van der Waals surface area (Å²) in [6.07, 6.45) is 0.401. The van der Waals surface area contributed by atoms with E-state index in [1.165, 1.54) is 24.3 Å². The molecule has 8 heteroatoms. The molecule has 0 radical (unpaired) electrons. The van der Waals surface area contributed by atoms with E-state index in [0.717, 1.165) is 21.9 Å². The van der Waals surface area contributed by atoms with Crippen LogP contribution in [0.25, 0.3) is 21.5 Å². The number of fused-ring (bicyclic) bond motifs is 2. The minimum Gasteiger partial charge on any atom is -0.282 e. The lowest BCUT2D eigenvalue weighted by molar-refractivity contribution is 0.481. The van der Waals surface area contributed by atoms with Gasteiger partial charge in [0.05, 0.1) is 9.79 Å². The zero-order valence-corrected chi connectivity index (χ0v) is 16.6. The van der Waals surface area contributed by atoms with Crippen molar-refractivity contribution in [2.45, 2.75) is 16.2 Å². The average Bonchev–Trinajstić information content (AvgIpc) is 2.66. The maximum Gasteiger partial charge on any atom is 0.294 e. The first-order chi connectivity index (χ1) is 13.6. The lowest BCUT2D eigenvalue weighted by atomic mass is 9.95. The Balaban J connectivity index is 1.90. The van der Waals surface area contributed by atoms with Crippen LogP contribution in [0.3, 0.4) is 0 Å². The van der Waals surface area contributed by atoms with Gasteiger partial charge in [-0.25, -0.2) is 0 Å². The number of hydrogen-bond donors (Lipinski definition) is 2. The third-order valence-corrected chi connectivity index (χ3v) is 6.56. The van der Waals surface area contributed by atoms with Crippen molar-refractivity contribution < 1.29 is 25.9 Å². The normalized spacial score (nSPS) is 12.5. The summed E-state index contributed by atoms with van der Waals surface area (Å²) in [4.78, 5) is -0.381. The molecule has 0 unspecified atom stereocenters. The van der Waals surface area contributed by atoms with Gasteiger partial charge in [0.2, 0.25) is 0 Å². The second-order valence-corrected chi connectivity index (χ2v) is 9.57. The quantitative estimate of drug-likeness (QED) is 0.474. The summed E-state index contributed by atoms with van der Waals surface area (Å²) < 4.78 is 64.8. The van der Waals surface area contributed by atoms with E-state index in [0.29, 0.717) is 17.2 Å². The van der Waals surface area contributed by atoms with Crippen LogP contribution < -0.4 is 0 Å². The Morgan fingerprint density at radius 3 is 1.38 bits per heavy atom. The lowest BCUT2D eigenvalue weighted by Gasteiger charge is -2.11. The molecule has 0 amide bonds. The highest BCUT2D eigenvalue weighted by molar-refractivity contribution is 7.86. The third-order valence-electron chi connectivity index (χ3n) is 4.86. The first-order valence-corrected chi connectivity index (χ1v) is 11.5. The molecular weight excluding hydrogens is 412 g/mol. The van der Waals surface area contributed by atoms with Gasteiger partial charge in [0, 0.05) is 0 Å². The molecule has 4 rings (SSSR count). The molecule has 6 nitrogen and oxygen atoms in total. The molecule has 148 valence electrons. The van der Waals surface area contributed by atoms with E-state index in [-0.39, 0.29) is 9.79 Å². The van der Waals surface area contributed by atoms with Gasteiger partial charge in [0.25, 0.3) is 20.2 Å². The van der Waals surface area contributed by atoms with E-state index in [1.807, 2.05) is 36.4 Å². The molecule has 29 heavy (non-hydrogen) atoms. The van der Waals surface area contributed by atoms with Crippen molar-refractivity contribution in [3.8, 4) is 0 Å². The lowest BCUT2D eigenvalue weighted by Crippen LogP contribution is -2.00. The fourth-order valence-corrected chi connectivity index (χ4v) is 4.48. The third kappa shape index (κ3) is 3.88. The summed E-state index contributed by atoms with van der Waals surface area (Å²) in [5.74, 6) is 0. The second kappa shape index (κ2) is 6.93. The Morgan fingerprint density at radius 2 is 1.00 bits per heavy atom. The Hall–Kier alpha value is -2.78. The summed E-state index contributed by atoms with van der Waals surface area (Å²) in [7, 11) is -8.67. The maximum absolute atomic E-state index is 11.5. The van der Waals surface area contributed by atoms with Crippen molar-refractivity contribution in [2.75, 3.05) is 0 Å². The summed E-state index contributed by atoms with van der Waals surface area (Å²) in [5, 5.41) is 2.97. The second-order valence-electron chi connectivity index (χ2n) is 6.73. The zero-order chi connectivity index (χ0) is 20.8.